The Balaban J connectivity index is 2.84. The molecule has 1 atom stereocenters. The topological polar surface area (TPSA) is 44.5 Å². The normalized spacial score (nSPS) is 11.9. The third-order valence-corrected chi connectivity index (χ3v) is 2.98. The molecule has 0 aromatic heterocycles. The second-order valence-electron chi connectivity index (χ2n) is 3.21. The van der Waals surface area contributed by atoms with Gasteiger partial charge in [0, 0.05) is 0 Å². The van der Waals surface area contributed by atoms with Crippen LogP contribution in [0.15, 0.2) is 22.7 Å². The first-order chi connectivity index (χ1) is 7.58. The van der Waals surface area contributed by atoms with E-state index in [-0.39, 0.29) is 6.10 Å². The first-order valence-corrected chi connectivity index (χ1v) is 6.08. The van der Waals surface area contributed by atoms with Crippen molar-refractivity contribution in [2.75, 3.05) is 7.11 Å². The molecule has 0 aliphatic carbocycles. The van der Waals surface area contributed by atoms with Gasteiger partial charge in [0.25, 0.3) is 0 Å². The lowest BCUT2D eigenvalue weighted by molar-refractivity contribution is 0.262. The van der Waals surface area contributed by atoms with Crippen molar-refractivity contribution < 1.29 is 9.47 Å². The smallest absolute Gasteiger partial charge is 0.148 e. The van der Waals surface area contributed by atoms with Crippen LogP contribution in [0.2, 0.25) is 0 Å². The summed E-state index contributed by atoms with van der Waals surface area (Å²) < 4.78 is 11.6. The number of nitrogens with two attached hydrogens (primary N) is 1. The summed E-state index contributed by atoms with van der Waals surface area (Å²) in [4.78, 5) is 0.366. The van der Waals surface area contributed by atoms with Crippen molar-refractivity contribution in [3.05, 3.63) is 22.7 Å². The van der Waals surface area contributed by atoms with Crippen molar-refractivity contribution in [3.63, 3.8) is 0 Å². The Bertz CT molecular complexity index is 384. The van der Waals surface area contributed by atoms with Gasteiger partial charge in [0.1, 0.15) is 22.6 Å². The van der Waals surface area contributed by atoms with Gasteiger partial charge < -0.3 is 15.2 Å². The van der Waals surface area contributed by atoms with Crippen LogP contribution in [0.4, 0.5) is 0 Å². The molecule has 0 saturated carbocycles. The van der Waals surface area contributed by atoms with Crippen LogP contribution in [0.3, 0.4) is 0 Å². The molecule has 5 heteroatoms. The zero-order chi connectivity index (χ0) is 12.1. The number of hydrogen-bond donors (Lipinski definition) is 1. The maximum Gasteiger partial charge on any atom is 0.148 e. The largest absolute Gasteiger partial charge is 0.497 e. The minimum absolute atomic E-state index is 0.236. The Labute approximate surface area is 109 Å². The maximum absolute atomic E-state index is 5.69. The van der Waals surface area contributed by atoms with Gasteiger partial charge in [-0.1, -0.05) is 19.1 Å². The molecule has 0 spiro atoms. The fraction of sp³-hybridized carbons (Fsp3) is 0.364. The summed E-state index contributed by atoms with van der Waals surface area (Å²) in [5, 5.41) is 0. The first-order valence-electron chi connectivity index (χ1n) is 4.88. The number of ether oxygens (including phenoxy) is 2. The Kier molecular flexibility index (Phi) is 5.02. The fourth-order valence-electron chi connectivity index (χ4n) is 1.20. The molecule has 1 aromatic carbocycles. The van der Waals surface area contributed by atoms with E-state index < -0.39 is 0 Å². The molecule has 0 amide bonds. The molecule has 1 aromatic rings. The predicted molar refractivity (Wildman–Crippen MR) is 72.2 cm³/mol. The molecule has 0 saturated heterocycles. The van der Waals surface area contributed by atoms with Crippen molar-refractivity contribution in [1.29, 1.82) is 0 Å². The van der Waals surface area contributed by atoms with Crippen LogP contribution in [-0.4, -0.2) is 18.2 Å². The molecule has 0 bridgehead atoms. The Morgan fingerprint density at radius 3 is 2.69 bits per heavy atom. The third kappa shape index (κ3) is 3.35. The monoisotopic (exact) mass is 303 g/mol. The van der Waals surface area contributed by atoms with Crippen molar-refractivity contribution in [1.82, 2.24) is 0 Å². The highest BCUT2D eigenvalue weighted by molar-refractivity contribution is 9.10. The van der Waals surface area contributed by atoms with Gasteiger partial charge in [-0.15, -0.1) is 0 Å². The molecule has 0 fully saturated rings. The van der Waals surface area contributed by atoms with Crippen LogP contribution in [0.5, 0.6) is 11.5 Å². The summed E-state index contributed by atoms with van der Waals surface area (Å²) in [6, 6.07) is 5.48. The number of rotatable bonds is 5. The molecule has 16 heavy (non-hydrogen) atoms. The van der Waals surface area contributed by atoms with Crippen molar-refractivity contribution in [3.8, 4) is 11.5 Å². The maximum atomic E-state index is 5.69. The van der Waals surface area contributed by atoms with Gasteiger partial charge in [-0.2, -0.15) is 0 Å². The van der Waals surface area contributed by atoms with E-state index in [9.17, 15) is 0 Å². The predicted octanol–water partition coefficient (Wildman–Crippen LogP) is 2.90. The number of thiocarbonyl (C=S) groups is 1. The number of methoxy groups -OCH3 is 1. The van der Waals surface area contributed by atoms with E-state index in [1.165, 1.54) is 0 Å². The minimum atomic E-state index is -0.236. The lowest BCUT2D eigenvalue weighted by Gasteiger charge is -2.17. The van der Waals surface area contributed by atoms with Gasteiger partial charge in [-0.25, -0.2) is 0 Å². The second kappa shape index (κ2) is 6.06. The Hall–Kier alpha value is -0.810. The van der Waals surface area contributed by atoms with E-state index in [1.807, 2.05) is 25.1 Å². The molecule has 0 aliphatic rings. The van der Waals surface area contributed by atoms with Crippen LogP contribution < -0.4 is 15.2 Å². The van der Waals surface area contributed by atoms with Gasteiger partial charge in [0.2, 0.25) is 0 Å². The standard InChI is InChI=1S/C11H14BrNO2S/c1-3-9(11(13)16)15-10-5-4-7(14-2)6-8(10)12/h4-6,9H,3H2,1-2H3,(H2,13,16). The van der Waals surface area contributed by atoms with E-state index in [2.05, 4.69) is 15.9 Å². The fourth-order valence-corrected chi connectivity index (χ4v) is 1.87. The number of hydrogen-bond acceptors (Lipinski definition) is 3. The molecule has 1 rings (SSSR count). The van der Waals surface area contributed by atoms with E-state index in [4.69, 9.17) is 27.4 Å². The van der Waals surface area contributed by atoms with Crippen LogP contribution >= 0.6 is 28.1 Å². The van der Waals surface area contributed by atoms with Gasteiger partial charge >= 0.3 is 0 Å². The van der Waals surface area contributed by atoms with Crippen LogP contribution in [-0.2, 0) is 0 Å². The Morgan fingerprint density at radius 1 is 1.56 bits per heavy atom. The van der Waals surface area contributed by atoms with Gasteiger partial charge in [-0.3, -0.25) is 0 Å². The van der Waals surface area contributed by atoms with Crippen molar-refractivity contribution >= 4 is 33.1 Å². The molecule has 0 radical (unpaired) electrons. The van der Waals surface area contributed by atoms with Crippen LogP contribution in [0.1, 0.15) is 13.3 Å². The highest BCUT2D eigenvalue weighted by Gasteiger charge is 2.13. The summed E-state index contributed by atoms with van der Waals surface area (Å²) in [5.41, 5.74) is 5.57. The molecule has 2 N–H and O–H groups in total. The quantitative estimate of drug-likeness (QED) is 0.850. The molecule has 0 heterocycles. The van der Waals surface area contributed by atoms with Crippen LogP contribution in [0.25, 0.3) is 0 Å². The molecule has 1 unspecified atom stereocenters. The summed E-state index contributed by atoms with van der Waals surface area (Å²) >= 11 is 8.33. The van der Waals surface area contributed by atoms with Crippen LogP contribution in [0, 0.1) is 0 Å². The van der Waals surface area contributed by atoms with Gasteiger partial charge in [0.05, 0.1) is 11.6 Å². The van der Waals surface area contributed by atoms with E-state index in [0.29, 0.717) is 10.7 Å². The Morgan fingerprint density at radius 2 is 2.25 bits per heavy atom. The van der Waals surface area contributed by atoms with E-state index in [0.717, 1.165) is 16.6 Å². The lowest BCUT2D eigenvalue weighted by atomic mass is 10.2. The molecular weight excluding hydrogens is 290 g/mol. The average Bonchev–Trinajstić information content (AvgIpc) is 2.26. The van der Waals surface area contributed by atoms with E-state index >= 15 is 0 Å². The zero-order valence-electron chi connectivity index (χ0n) is 9.20. The molecular formula is C11H14BrNO2S. The summed E-state index contributed by atoms with van der Waals surface area (Å²) in [6.07, 6.45) is 0.507. The average molecular weight is 304 g/mol. The minimum Gasteiger partial charge on any atom is -0.497 e. The molecule has 3 nitrogen and oxygen atoms in total. The summed E-state index contributed by atoms with van der Waals surface area (Å²) in [5.74, 6) is 1.48. The second-order valence-corrected chi connectivity index (χ2v) is 4.54. The summed E-state index contributed by atoms with van der Waals surface area (Å²) in [6.45, 7) is 1.97. The third-order valence-electron chi connectivity index (χ3n) is 2.10. The SMILES string of the molecule is CCC(Oc1ccc(OC)cc1Br)C(N)=S. The van der Waals surface area contributed by atoms with Gasteiger partial charge in [-0.05, 0) is 40.5 Å². The number of halogens is 1. The van der Waals surface area contributed by atoms with Crippen molar-refractivity contribution in [2.45, 2.75) is 19.4 Å². The van der Waals surface area contributed by atoms with Gasteiger partial charge in [0.15, 0.2) is 0 Å². The highest BCUT2D eigenvalue weighted by Crippen LogP contribution is 2.30. The first kappa shape index (κ1) is 13.3. The molecule has 88 valence electrons. The zero-order valence-corrected chi connectivity index (χ0v) is 11.6. The molecule has 0 aliphatic heterocycles. The van der Waals surface area contributed by atoms with E-state index in [1.54, 1.807) is 7.11 Å². The summed E-state index contributed by atoms with van der Waals surface area (Å²) in [7, 11) is 1.62. The number of benzene rings is 1. The lowest BCUT2D eigenvalue weighted by Crippen LogP contribution is -2.31. The highest BCUT2D eigenvalue weighted by atomic mass is 79.9. The van der Waals surface area contributed by atoms with Crippen molar-refractivity contribution in [2.24, 2.45) is 5.73 Å².